The molecule has 0 fully saturated rings. The predicted octanol–water partition coefficient (Wildman–Crippen LogP) is 4.71. The molecule has 0 spiro atoms. The number of benzene rings is 2. The van der Waals surface area contributed by atoms with Gasteiger partial charge in [-0.05, 0) is 46.4 Å². The van der Waals surface area contributed by atoms with Gasteiger partial charge in [0.15, 0.2) is 0 Å². The first kappa shape index (κ1) is 16.2. The summed E-state index contributed by atoms with van der Waals surface area (Å²) >= 11 is 0. The van der Waals surface area contributed by atoms with Crippen LogP contribution in [-0.4, -0.2) is 0 Å². The van der Waals surface area contributed by atoms with E-state index in [1.165, 1.54) is 34.6 Å². The van der Waals surface area contributed by atoms with Crippen LogP contribution >= 0.6 is 8.58 Å². The van der Waals surface area contributed by atoms with Gasteiger partial charge in [-0.15, -0.1) is 0 Å². The highest BCUT2D eigenvalue weighted by Gasteiger charge is 2.09. The average molecular weight is 298 g/mol. The summed E-state index contributed by atoms with van der Waals surface area (Å²) in [6.07, 6.45) is 2.35. The van der Waals surface area contributed by atoms with Crippen molar-refractivity contribution >= 4 is 19.2 Å². The fourth-order valence-electron chi connectivity index (χ4n) is 2.67. The van der Waals surface area contributed by atoms with Crippen molar-refractivity contribution in [2.45, 2.75) is 40.5 Å². The van der Waals surface area contributed by atoms with E-state index in [1.807, 2.05) is 0 Å². The maximum atomic E-state index is 2.31. The lowest BCUT2D eigenvalue weighted by Gasteiger charge is -2.15. The third-order valence-electron chi connectivity index (χ3n) is 3.56. The zero-order valence-corrected chi connectivity index (χ0v) is 14.7. The monoisotopic (exact) mass is 298 g/mol. The van der Waals surface area contributed by atoms with E-state index in [4.69, 9.17) is 0 Å². The van der Waals surface area contributed by atoms with Crippen LogP contribution in [0.1, 0.15) is 38.8 Å². The molecule has 0 saturated carbocycles. The van der Waals surface area contributed by atoms with Gasteiger partial charge >= 0.3 is 0 Å². The van der Waals surface area contributed by atoms with Crippen LogP contribution in [0.25, 0.3) is 0 Å². The van der Waals surface area contributed by atoms with Gasteiger partial charge in [0.1, 0.15) is 0 Å². The van der Waals surface area contributed by atoms with Gasteiger partial charge in [0.05, 0.1) is 0 Å². The van der Waals surface area contributed by atoms with E-state index in [0.717, 1.165) is 8.58 Å². The van der Waals surface area contributed by atoms with E-state index in [-0.39, 0.29) is 0 Å². The largest absolute Gasteiger partial charge is 0.0625 e. The Morgan fingerprint density at radius 1 is 0.667 bits per heavy atom. The summed E-state index contributed by atoms with van der Waals surface area (Å²) in [5, 5.41) is 3.03. The molecule has 112 valence electrons. The second kappa shape index (κ2) is 7.76. The second-order valence-electron chi connectivity index (χ2n) is 6.64. The van der Waals surface area contributed by atoms with Gasteiger partial charge in [-0.1, -0.05) is 84.8 Å². The molecule has 2 aromatic rings. The molecule has 0 heterocycles. The van der Waals surface area contributed by atoms with Crippen LogP contribution in [0.3, 0.4) is 0 Å². The van der Waals surface area contributed by atoms with Gasteiger partial charge in [-0.2, -0.15) is 0 Å². The van der Waals surface area contributed by atoms with Crippen molar-refractivity contribution in [3.63, 3.8) is 0 Å². The maximum absolute atomic E-state index is 2.31. The van der Waals surface area contributed by atoms with Crippen molar-refractivity contribution in [2.24, 2.45) is 11.8 Å². The molecule has 0 nitrogen and oxygen atoms in total. The summed E-state index contributed by atoms with van der Waals surface area (Å²) in [7, 11) is 0.773. The minimum absolute atomic E-state index is 0.710. The highest BCUT2D eigenvalue weighted by molar-refractivity contribution is 7.55. The molecule has 0 unspecified atom stereocenters. The van der Waals surface area contributed by atoms with E-state index in [1.54, 1.807) is 0 Å². The normalized spacial score (nSPS) is 11.3. The van der Waals surface area contributed by atoms with Crippen molar-refractivity contribution in [3.05, 3.63) is 59.7 Å². The van der Waals surface area contributed by atoms with Crippen molar-refractivity contribution < 1.29 is 0 Å². The van der Waals surface area contributed by atoms with Crippen molar-refractivity contribution in [3.8, 4) is 0 Å². The lowest BCUT2D eigenvalue weighted by Crippen LogP contribution is -2.14. The molecule has 0 amide bonds. The topological polar surface area (TPSA) is 0 Å². The highest BCUT2D eigenvalue weighted by Crippen LogP contribution is 2.20. The van der Waals surface area contributed by atoms with Crippen molar-refractivity contribution in [2.75, 3.05) is 0 Å². The van der Waals surface area contributed by atoms with Crippen LogP contribution in [0.4, 0.5) is 0 Å². The summed E-state index contributed by atoms with van der Waals surface area (Å²) in [6, 6.07) is 17.9. The molecule has 0 aromatic heterocycles. The maximum Gasteiger partial charge on any atom is -0.0194 e. The predicted molar refractivity (Wildman–Crippen MR) is 97.6 cm³/mol. The zero-order chi connectivity index (χ0) is 15.2. The average Bonchev–Trinajstić information content (AvgIpc) is 2.42. The second-order valence-corrected chi connectivity index (χ2v) is 7.96. The molecule has 0 saturated heterocycles. The molecule has 2 aromatic carbocycles. The summed E-state index contributed by atoms with van der Waals surface area (Å²) < 4.78 is 0. The first-order chi connectivity index (χ1) is 10.1. The smallest absolute Gasteiger partial charge is 0.0194 e. The third kappa shape index (κ3) is 4.97. The Balaban J connectivity index is 2.26. The van der Waals surface area contributed by atoms with Crippen molar-refractivity contribution in [1.29, 1.82) is 0 Å². The Morgan fingerprint density at radius 3 is 1.43 bits per heavy atom. The minimum atomic E-state index is 0.710. The molecule has 0 aliphatic heterocycles. The molecule has 0 bridgehead atoms. The SMILES string of the molecule is CC(C)Cc1ccccc1Pc1ccccc1CC(C)C. The zero-order valence-electron chi connectivity index (χ0n) is 13.7. The van der Waals surface area contributed by atoms with E-state index in [2.05, 4.69) is 76.2 Å². The van der Waals surface area contributed by atoms with Gasteiger partial charge in [0.25, 0.3) is 0 Å². The molecule has 0 radical (unpaired) electrons. The quantitative estimate of drug-likeness (QED) is 0.677. The van der Waals surface area contributed by atoms with Gasteiger partial charge in [0, 0.05) is 0 Å². The van der Waals surface area contributed by atoms with Gasteiger partial charge in [-0.25, -0.2) is 0 Å². The molecule has 2 rings (SSSR count). The Labute approximate surface area is 131 Å². The van der Waals surface area contributed by atoms with E-state index in [0.29, 0.717) is 11.8 Å². The Hall–Kier alpha value is -1.13. The standard InChI is InChI=1S/C20H27P/c1-15(2)13-17-9-5-7-11-19(17)21-20-12-8-6-10-18(20)14-16(3)4/h5-12,15-16,21H,13-14H2,1-4H3. The van der Waals surface area contributed by atoms with Crippen LogP contribution < -0.4 is 10.6 Å². The van der Waals surface area contributed by atoms with E-state index < -0.39 is 0 Å². The molecule has 0 aliphatic rings. The summed E-state index contributed by atoms with van der Waals surface area (Å²) in [6.45, 7) is 9.19. The lowest BCUT2D eigenvalue weighted by molar-refractivity contribution is 0.649. The molecule has 1 heteroatoms. The molecular weight excluding hydrogens is 271 g/mol. The molecular formula is C20H27P. The van der Waals surface area contributed by atoms with Crippen LogP contribution in [0.15, 0.2) is 48.5 Å². The first-order valence-corrected chi connectivity index (χ1v) is 8.99. The summed E-state index contributed by atoms with van der Waals surface area (Å²) in [5.74, 6) is 1.42. The Kier molecular flexibility index (Phi) is 6.00. The van der Waals surface area contributed by atoms with Crippen LogP contribution in [0.2, 0.25) is 0 Å². The summed E-state index contributed by atoms with van der Waals surface area (Å²) in [5.41, 5.74) is 3.04. The molecule has 0 atom stereocenters. The van der Waals surface area contributed by atoms with Gasteiger partial charge in [-0.3, -0.25) is 0 Å². The van der Waals surface area contributed by atoms with E-state index in [9.17, 15) is 0 Å². The van der Waals surface area contributed by atoms with E-state index >= 15 is 0 Å². The molecule has 21 heavy (non-hydrogen) atoms. The fraction of sp³-hybridized carbons (Fsp3) is 0.400. The van der Waals surface area contributed by atoms with Crippen LogP contribution in [0, 0.1) is 11.8 Å². The van der Waals surface area contributed by atoms with Crippen molar-refractivity contribution in [1.82, 2.24) is 0 Å². The van der Waals surface area contributed by atoms with Gasteiger partial charge in [0.2, 0.25) is 0 Å². The fourth-order valence-corrected chi connectivity index (χ4v) is 4.01. The van der Waals surface area contributed by atoms with Crippen LogP contribution in [-0.2, 0) is 12.8 Å². The van der Waals surface area contributed by atoms with Crippen LogP contribution in [0.5, 0.6) is 0 Å². The lowest BCUT2D eigenvalue weighted by atomic mass is 10.0. The Bertz CT molecular complexity index is 518. The molecule has 0 aliphatic carbocycles. The summed E-state index contributed by atoms with van der Waals surface area (Å²) in [4.78, 5) is 0. The Morgan fingerprint density at radius 2 is 1.05 bits per heavy atom. The number of hydrogen-bond donors (Lipinski definition) is 0. The molecule has 0 N–H and O–H groups in total. The van der Waals surface area contributed by atoms with Gasteiger partial charge < -0.3 is 0 Å². The highest BCUT2D eigenvalue weighted by atomic mass is 31.1. The number of hydrogen-bond acceptors (Lipinski definition) is 0. The number of rotatable bonds is 6. The minimum Gasteiger partial charge on any atom is -0.0625 e. The first-order valence-electron chi connectivity index (χ1n) is 7.99. The third-order valence-corrected chi connectivity index (χ3v) is 5.07.